The molecule has 3 aromatic rings. The van der Waals surface area contributed by atoms with Gasteiger partial charge in [0.2, 0.25) is 0 Å². The predicted molar refractivity (Wildman–Crippen MR) is 99.9 cm³/mol. The first kappa shape index (κ1) is 17.4. The van der Waals surface area contributed by atoms with Gasteiger partial charge in [0.1, 0.15) is 17.6 Å². The summed E-state index contributed by atoms with van der Waals surface area (Å²) < 4.78 is 1.15. The highest BCUT2D eigenvalue weighted by atomic mass is 35.5. The van der Waals surface area contributed by atoms with Crippen molar-refractivity contribution in [3.05, 3.63) is 58.1 Å². The van der Waals surface area contributed by atoms with Crippen molar-refractivity contribution in [2.75, 3.05) is 18.9 Å². The van der Waals surface area contributed by atoms with Gasteiger partial charge in [-0.1, -0.05) is 23.7 Å². The minimum atomic E-state index is -0.112. The summed E-state index contributed by atoms with van der Waals surface area (Å²) in [6, 6.07) is 14.8. The van der Waals surface area contributed by atoms with Crippen LogP contribution in [0.4, 0.5) is 5.69 Å². The summed E-state index contributed by atoms with van der Waals surface area (Å²) >= 11 is 7.63. The minimum absolute atomic E-state index is 0.112. The van der Waals surface area contributed by atoms with Gasteiger partial charge in [0.05, 0.1) is 27.9 Å². The molecule has 2 N–H and O–H groups in total. The number of anilines is 1. The quantitative estimate of drug-likeness (QED) is 0.723. The molecule has 0 bridgehead atoms. The summed E-state index contributed by atoms with van der Waals surface area (Å²) in [5.74, 6) is -0.112. The second kappa shape index (κ2) is 7.62. The molecule has 2 aromatic carbocycles. The zero-order valence-corrected chi connectivity index (χ0v) is 15.1. The molecule has 0 aliphatic rings. The van der Waals surface area contributed by atoms with E-state index in [0.717, 1.165) is 20.1 Å². The van der Waals surface area contributed by atoms with Crippen molar-refractivity contribution in [2.45, 2.75) is 6.54 Å². The number of thiazole rings is 1. The second-order valence-corrected chi connectivity index (χ2v) is 7.26. The highest BCUT2D eigenvalue weighted by Gasteiger charge is 2.14. The lowest BCUT2D eigenvalue weighted by atomic mass is 10.2. The molecule has 1 aromatic heterocycles. The summed E-state index contributed by atoms with van der Waals surface area (Å²) in [5, 5.41) is 13.0. The number of halogens is 1. The lowest BCUT2D eigenvalue weighted by Crippen LogP contribution is -3.08. The average molecular weight is 372 g/mol. The number of quaternary nitrogens is 1. The molecule has 0 saturated heterocycles. The van der Waals surface area contributed by atoms with Crippen molar-refractivity contribution >= 4 is 44.7 Å². The van der Waals surface area contributed by atoms with Gasteiger partial charge in [-0.05, 0) is 30.3 Å². The highest BCUT2D eigenvalue weighted by molar-refractivity contribution is 7.18. The van der Waals surface area contributed by atoms with Crippen molar-refractivity contribution in [1.82, 2.24) is 4.98 Å². The number of amides is 1. The number of para-hydroxylation sites is 1. The maximum Gasteiger partial charge on any atom is 0.279 e. The first-order valence-corrected chi connectivity index (χ1v) is 8.90. The largest absolute Gasteiger partial charge is 0.324 e. The van der Waals surface area contributed by atoms with Crippen LogP contribution in [-0.4, -0.2) is 24.5 Å². The lowest BCUT2D eigenvalue weighted by molar-refractivity contribution is -0.885. The fraction of sp³-hybridized carbons (Fsp3) is 0.167. The molecule has 0 spiro atoms. The van der Waals surface area contributed by atoms with Crippen LogP contribution in [0, 0.1) is 11.3 Å². The smallest absolute Gasteiger partial charge is 0.279 e. The van der Waals surface area contributed by atoms with Crippen LogP contribution in [0.25, 0.3) is 10.2 Å². The fourth-order valence-electron chi connectivity index (χ4n) is 2.48. The van der Waals surface area contributed by atoms with Crippen LogP contribution in [0.5, 0.6) is 0 Å². The number of carbonyl (C=O) groups is 1. The number of nitrogens with one attached hydrogen (secondary N) is 2. The Kier molecular flexibility index (Phi) is 5.29. The Morgan fingerprint density at radius 3 is 2.88 bits per heavy atom. The molecular formula is C18H16ClN4OS+. The molecule has 7 heteroatoms. The first-order valence-electron chi connectivity index (χ1n) is 7.70. The van der Waals surface area contributed by atoms with Crippen LogP contribution >= 0.6 is 22.9 Å². The molecule has 0 fully saturated rings. The van der Waals surface area contributed by atoms with E-state index < -0.39 is 0 Å². The third-order valence-electron chi connectivity index (χ3n) is 3.63. The molecule has 3 rings (SSSR count). The van der Waals surface area contributed by atoms with E-state index in [1.54, 1.807) is 29.5 Å². The Bertz CT molecular complexity index is 930. The van der Waals surface area contributed by atoms with Gasteiger partial charge in [-0.25, -0.2) is 4.98 Å². The predicted octanol–water partition coefficient (Wildman–Crippen LogP) is 2.47. The summed E-state index contributed by atoms with van der Waals surface area (Å²) in [7, 11) is 1.96. The summed E-state index contributed by atoms with van der Waals surface area (Å²) in [4.78, 5) is 17.8. The summed E-state index contributed by atoms with van der Waals surface area (Å²) in [6.45, 7) is 0.994. The number of nitrogens with zero attached hydrogens (tertiary/aromatic N) is 2. The molecule has 0 aliphatic carbocycles. The third-order valence-corrected chi connectivity index (χ3v) is 4.98. The summed E-state index contributed by atoms with van der Waals surface area (Å²) in [6.07, 6.45) is 0. The normalized spacial score (nSPS) is 11.9. The number of hydrogen-bond donors (Lipinski definition) is 2. The number of carbonyl (C=O) groups excluding carboxylic acids is 1. The van der Waals surface area contributed by atoms with Gasteiger partial charge in [0.25, 0.3) is 5.91 Å². The molecule has 5 nitrogen and oxygen atoms in total. The molecule has 0 radical (unpaired) electrons. The second-order valence-electron chi connectivity index (χ2n) is 5.74. The maximum absolute atomic E-state index is 12.2. The number of aromatic nitrogens is 1. The van der Waals surface area contributed by atoms with Gasteiger partial charge in [-0.3, -0.25) is 4.79 Å². The van der Waals surface area contributed by atoms with E-state index >= 15 is 0 Å². The van der Waals surface area contributed by atoms with Crippen molar-refractivity contribution < 1.29 is 9.69 Å². The highest BCUT2D eigenvalue weighted by Crippen LogP contribution is 2.21. The Morgan fingerprint density at radius 1 is 1.36 bits per heavy atom. The molecule has 1 unspecified atom stereocenters. The Balaban J connectivity index is 1.58. The zero-order chi connectivity index (χ0) is 17.8. The number of likely N-dealkylation sites (N-methyl/N-ethyl adjacent to an activating group) is 1. The van der Waals surface area contributed by atoms with E-state index in [9.17, 15) is 4.79 Å². The van der Waals surface area contributed by atoms with Crippen molar-refractivity contribution in [2.24, 2.45) is 0 Å². The molecule has 1 atom stereocenters. The molecule has 0 saturated carbocycles. The number of nitriles is 1. The van der Waals surface area contributed by atoms with Crippen LogP contribution in [0.1, 0.15) is 10.6 Å². The van der Waals surface area contributed by atoms with Crippen LogP contribution in [-0.2, 0) is 11.3 Å². The number of fused-ring (bicyclic) bond motifs is 1. The third kappa shape index (κ3) is 4.34. The minimum Gasteiger partial charge on any atom is -0.324 e. The first-order chi connectivity index (χ1) is 12.0. The topological polar surface area (TPSA) is 70.2 Å². The van der Waals surface area contributed by atoms with E-state index in [1.807, 2.05) is 37.4 Å². The van der Waals surface area contributed by atoms with E-state index in [-0.39, 0.29) is 5.91 Å². The molecular weight excluding hydrogens is 356 g/mol. The van der Waals surface area contributed by atoms with Gasteiger partial charge in [-0.2, -0.15) is 5.26 Å². The Hall–Kier alpha value is -2.46. The molecule has 0 aliphatic heterocycles. The maximum atomic E-state index is 12.2. The molecule has 1 heterocycles. The van der Waals surface area contributed by atoms with Crippen molar-refractivity contribution in [3.8, 4) is 6.07 Å². The average Bonchev–Trinajstić information content (AvgIpc) is 2.96. The molecule has 126 valence electrons. The van der Waals surface area contributed by atoms with Gasteiger partial charge in [0.15, 0.2) is 6.54 Å². The molecule has 25 heavy (non-hydrogen) atoms. The lowest BCUT2D eigenvalue weighted by Gasteiger charge is -2.12. The Labute approximate surface area is 154 Å². The fourth-order valence-corrected chi connectivity index (χ4v) is 3.78. The van der Waals surface area contributed by atoms with E-state index in [0.29, 0.717) is 29.4 Å². The van der Waals surface area contributed by atoms with Crippen molar-refractivity contribution in [3.63, 3.8) is 0 Å². The summed E-state index contributed by atoms with van der Waals surface area (Å²) in [5.41, 5.74) is 1.96. The number of hydrogen-bond acceptors (Lipinski definition) is 4. The van der Waals surface area contributed by atoms with E-state index in [1.165, 1.54) is 0 Å². The van der Waals surface area contributed by atoms with E-state index in [2.05, 4.69) is 10.3 Å². The molecule has 1 amide bonds. The number of rotatable bonds is 5. The van der Waals surface area contributed by atoms with Crippen molar-refractivity contribution in [1.29, 1.82) is 5.26 Å². The van der Waals surface area contributed by atoms with Crippen LogP contribution in [0.2, 0.25) is 5.02 Å². The van der Waals surface area contributed by atoms with Crippen LogP contribution < -0.4 is 10.2 Å². The van der Waals surface area contributed by atoms with Gasteiger partial charge in [-0.15, -0.1) is 11.3 Å². The van der Waals surface area contributed by atoms with E-state index in [4.69, 9.17) is 16.9 Å². The Morgan fingerprint density at radius 2 is 2.16 bits per heavy atom. The van der Waals surface area contributed by atoms with Gasteiger partial charge < -0.3 is 10.2 Å². The van der Waals surface area contributed by atoms with Gasteiger partial charge in [0, 0.05) is 5.69 Å². The SMILES string of the molecule is C[NH+](CC(=O)Nc1ccc(C#N)c(Cl)c1)Cc1nc2ccccc2s1. The van der Waals surface area contributed by atoms with Crippen LogP contribution in [0.3, 0.4) is 0 Å². The monoisotopic (exact) mass is 371 g/mol. The zero-order valence-electron chi connectivity index (χ0n) is 13.5. The standard InChI is InChI=1S/C18H15ClN4OS/c1-23(11-18-22-15-4-2-3-5-16(15)25-18)10-17(24)21-13-7-6-12(9-20)14(19)8-13/h2-8H,10-11H2,1H3,(H,21,24)/p+1. The number of benzene rings is 2. The van der Waals surface area contributed by atoms with Crippen LogP contribution in [0.15, 0.2) is 42.5 Å². The van der Waals surface area contributed by atoms with Gasteiger partial charge >= 0.3 is 0 Å².